The number of nitrogens with one attached hydrogen (secondary N) is 2. The van der Waals surface area contributed by atoms with Crippen molar-refractivity contribution in [2.75, 3.05) is 17.9 Å². The number of methoxy groups -OCH3 is 1. The summed E-state index contributed by atoms with van der Waals surface area (Å²) < 4.78 is 5.16. The standard InChI is InChI=1S/C13H13ClN4O2/c1-20-11-5-3-2-4-10(11)17-13(19)8-6-9(14)12(18-15)16-7-8/h2-7H,15H2,1H3,(H,16,18)(H,17,19). The molecule has 2 aromatic rings. The van der Waals surface area contributed by atoms with Crippen molar-refractivity contribution in [2.24, 2.45) is 5.84 Å². The van der Waals surface area contributed by atoms with Crippen molar-refractivity contribution >= 4 is 29.0 Å². The van der Waals surface area contributed by atoms with Gasteiger partial charge in [-0.25, -0.2) is 10.8 Å². The van der Waals surface area contributed by atoms with Crippen LogP contribution in [-0.4, -0.2) is 18.0 Å². The predicted octanol–water partition coefficient (Wildman–Crippen LogP) is 2.28. The van der Waals surface area contributed by atoms with Crippen molar-refractivity contribution in [3.8, 4) is 5.75 Å². The van der Waals surface area contributed by atoms with Gasteiger partial charge in [0.25, 0.3) is 5.91 Å². The zero-order valence-electron chi connectivity index (χ0n) is 10.7. The van der Waals surface area contributed by atoms with E-state index in [1.807, 2.05) is 6.07 Å². The number of carbonyl (C=O) groups excluding carboxylic acids is 1. The van der Waals surface area contributed by atoms with Crippen LogP contribution in [0.25, 0.3) is 0 Å². The third kappa shape index (κ3) is 2.98. The van der Waals surface area contributed by atoms with Gasteiger partial charge in [-0.2, -0.15) is 0 Å². The number of para-hydroxylation sites is 2. The lowest BCUT2D eigenvalue weighted by atomic mass is 10.2. The van der Waals surface area contributed by atoms with Gasteiger partial charge in [0.05, 0.1) is 23.4 Å². The second-order valence-corrected chi connectivity index (χ2v) is 4.26. The van der Waals surface area contributed by atoms with Crippen LogP contribution in [-0.2, 0) is 0 Å². The van der Waals surface area contributed by atoms with Crippen molar-refractivity contribution in [1.29, 1.82) is 0 Å². The number of hydrogen-bond acceptors (Lipinski definition) is 5. The van der Waals surface area contributed by atoms with E-state index in [9.17, 15) is 4.79 Å². The van der Waals surface area contributed by atoms with Crippen LogP contribution in [0.1, 0.15) is 10.4 Å². The molecule has 1 aromatic carbocycles. The normalized spacial score (nSPS) is 9.95. The number of hydrazine groups is 1. The minimum atomic E-state index is -0.340. The Hall–Kier alpha value is -2.31. The summed E-state index contributed by atoms with van der Waals surface area (Å²) in [6.45, 7) is 0. The summed E-state index contributed by atoms with van der Waals surface area (Å²) in [6, 6.07) is 8.58. The minimum absolute atomic E-state index is 0.264. The number of rotatable bonds is 4. The quantitative estimate of drug-likeness (QED) is 0.594. The van der Waals surface area contributed by atoms with E-state index < -0.39 is 0 Å². The second kappa shape index (κ2) is 6.23. The van der Waals surface area contributed by atoms with E-state index in [0.717, 1.165) is 0 Å². The van der Waals surface area contributed by atoms with Crippen LogP contribution in [0.15, 0.2) is 36.5 Å². The highest BCUT2D eigenvalue weighted by Crippen LogP contribution is 2.24. The van der Waals surface area contributed by atoms with Crippen molar-refractivity contribution in [1.82, 2.24) is 4.98 Å². The first kappa shape index (κ1) is 14.1. The summed E-state index contributed by atoms with van der Waals surface area (Å²) in [4.78, 5) is 16.1. The van der Waals surface area contributed by atoms with Crippen molar-refractivity contribution < 1.29 is 9.53 Å². The van der Waals surface area contributed by atoms with Gasteiger partial charge in [-0.15, -0.1) is 0 Å². The Bertz CT molecular complexity index is 634. The molecule has 0 bridgehead atoms. The molecule has 2 rings (SSSR count). The molecule has 4 N–H and O–H groups in total. The van der Waals surface area contributed by atoms with Crippen LogP contribution in [0.5, 0.6) is 5.75 Å². The lowest BCUT2D eigenvalue weighted by Gasteiger charge is -2.10. The van der Waals surface area contributed by atoms with E-state index >= 15 is 0 Å². The molecule has 1 heterocycles. The first-order valence-electron chi connectivity index (χ1n) is 5.72. The Morgan fingerprint density at radius 1 is 1.40 bits per heavy atom. The van der Waals surface area contributed by atoms with Gasteiger partial charge in [0.1, 0.15) is 5.75 Å². The fraction of sp³-hybridized carbons (Fsp3) is 0.0769. The number of carbonyl (C=O) groups is 1. The summed E-state index contributed by atoms with van der Waals surface area (Å²) in [5.41, 5.74) is 3.22. The zero-order valence-corrected chi connectivity index (χ0v) is 11.4. The van der Waals surface area contributed by atoms with E-state index in [4.69, 9.17) is 22.2 Å². The number of nitrogens with two attached hydrogens (primary N) is 1. The molecule has 0 unspecified atom stereocenters. The summed E-state index contributed by atoms with van der Waals surface area (Å²) in [5, 5.41) is 2.99. The van der Waals surface area contributed by atoms with Gasteiger partial charge >= 0.3 is 0 Å². The molecule has 0 aliphatic rings. The molecule has 0 aliphatic heterocycles. The summed E-state index contributed by atoms with van der Waals surface area (Å²) in [5.74, 6) is 5.76. The van der Waals surface area contributed by atoms with E-state index in [2.05, 4.69) is 15.7 Å². The highest BCUT2D eigenvalue weighted by atomic mass is 35.5. The number of halogens is 1. The smallest absolute Gasteiger partial charge is 0.257 e. The third-order valence-corrected chi connectivity index (χ3v) is 2.88. The number of nitrogens with zero attached hydrogens (tertiary/aromatic N) is 1. The molecular weight excluding hydrogens is 280 g/mol. The lowest BCUT2D eigenvalue weighted by Crippen LogP contribution is -2.14. The maximum atomic E-state index is 12.1. The van der Waals surface area contributed by atoms with Gasteiger partial charge in [0, 0.05) is 6.20 Å². The molecule has 0 fully saturated rings. The number of aromatic nitrogens is 1. The van der Waals surface area contributed by atoms with Gasteiger partial charge in [0.2, 0.25) is 0 Å². The number of ether oxygens (including phenoxy) is 1. The minimum Gasteiger partial charge on any atom is -0.495 e. The molecule has 7 heteroatoms. The SMILES string of the molecule is COc1ccccc1NC(=O)c1cnc(NN)c(Cl)c1. The molecule has 6 nitrogen and oxygen atoms in total. The maximum absolute atomic E-state index is 12.1. The number of pyridine rings is 1. The molecule has 104 valence electrons. The third-order valence-electron chi connectivity index (χ3n) is 2.60. The molecule has 1 amide bonds. The van der Waals surface area contributed by atoms with Gasteiger partial charge in [-0.3, -0.25) is 4.79 Å². The second-order valence-electron chi connectivity index (χ2n) is 3.85. The Morgan fingerprint density at radius 2 is 2.15 bits per heavy atom. The Balaban J connectivity index is 2.22. The highest BCUT2D eigenvalue weighted by molar-refractivity contribution is 6.33. The van der Waals surface area contributed by atoms with Crippen molar-refractivity contribution in [3.63, 3.8) is 0 Å². The molecule has 20 heavy (non-hydrogen) atoms. The molecule has 0 saturated carbocycles. The topological polar surface area (TPSA) is 89.3 Å². The number of anilines is 2. The summed E-state index contributed by atoms with van der Waals surface area (Å²) in [6.07, 6.45) is 1.38. The number of amides is 1. The lowest BCUT2D eigenvalue weighted by molar-refractivity contribution is 0.102. The predicted molar refractivity (Wildman–Crippen MR) is 78.0 cm³/mol. The monoisotopic (exact) mass is 292 g/mol. The molecule has 0 atom stereocenters. The fourth-order valence-electron chi connectivity index (χ4n) is 1.61. The summed E-state index contributed by atoms with van der Waals surface area (Å²) in [7, 11) is 1.53. The van der Waals surface area contributed by atoms with Crippen LogP contribution in [0.2, 0.25) is 5.02 Å². The Labute approximate surface area is 120 Å². The zero-order chi connectivity index (χ0) is 14.5. The van der Waals surface area contributed by atoms with E-state index in [1.54, 1.807) is 18.2 Å². The first-order chi connectivity index (χ1) is 9.65. The number of nitrogen functional groups attached to an aromatic ring is 1. The van der Waals surface area contributed by atoms with E-state index in [-0.39, 0.29) is 10.9 Å². The van der Waals surface area contributed by atoms with E-state index in [1.165, 1.54) is 19.4 Å². The maximum Gasteiger partial charge on any atom is 0.257 e. The van der Waals surface area contributed by atoms with Crippen LogP contribution in [0, 0.1) is 0 Å². The van der Waals surface area contributed by atoms with Crippen molar-refractivity contribution in [3.05, 3.63) is 47.1 Å². The molecule has 0 radical (unpaired) electrons. The average Bonchev–Trinajstić information content (AvgIpc) is 2.47. The van der Waals surface area contributed by atoms with Gasteiger partial charge in [0.15, 0.2) is 5.82 Å². The molecular formula is C13H13ClN4O2. The molecule has 0 saturated heterocycles. The average molecular weight is 293 g/mol. The molecule has 1 aromatic heterocycles. The van der Waals surface area contributed by atoms with Gasteiger partial charge in [-0.05, 0) is 18.2 Å². The summed E-state index contributed by atoms with van der Waals surface area (Å²) >= 11 is 5.93. The first-order valence-corrected chi connectivity index (χ1v) is 6.10. The Morgan fingerprint density at radius 3 is 2.80 bits per heavy atom. The van der Waals surface area contributed by atoms with Crippen molar-refractivity contribution in [2.45, 2.75) is 0 Å². The van der Waals surface area contributed by atoms with Gasteiger partial charge in [-0.1, -0.05) is 23.7 Å². The molecule has 0 spiro atoms. The van der Waals surface area contributed by atoms with Gasteiger partial charge < -0.3 is 15.5 Å². The highest BCUT2D eigenvalue weighted by Gasteiger charge is 2.11. The van der Waals surface area contributed by atoms with Crippen LogP contribution in [0.3, 0.4) is 0 Å². The number of hydrogen-bond donors (Lipinski definition) is 3. The van der Waals surface area contributed by atoms with Crippen LogP contribution >= 0.6 is 11.6 Å². The Kier molecular flexibility index (Phi) is 4.39. The molecule has 0 aliphatic carbocycles. The van der Waals surface area contributed by atoms with Crippen LogP contribution < -0.4 is 21.3 Å². The van der Waals surface area contributed by atoms with E-state index in [0.29, 0.717) is 22.8 Å². The fourth-order valence-corrected chi connectivity index (χ4v) is 1.83. The number of benzene rings is 1. The van der Waals surface area contributed by atoms with Crippen LogP contribution in [0.4, 0.5) is 11.5 Å². The largest absolute Gasteiger partial charge is 0.495 e.